The van der Waals surface area contributed by atoms with Crippen molar-refractivity contribution >= 4 is 34.9 Å². The summed E-state index contributed by atoms with van der Waals surface area (Å²) in [5, 5.41) is 11.7. The largest absolute Gasteiger partial charge is 0.481 e. The number of nitrogens with zero attached hydrogens (tertiary/aromatic N) is 1. The Kier molecular flexibility index (Phi) is 5.79. The number of hydrogen-bond donors (Lipinski definition) is 3. The van der Waals surface area contributed by atoms with Gasteiger partial charge in [0.05, 0.1) is 16.8 Å². The number of halogens is 1. The predicted octanol–water partition coefficient (Wildman–Crippen LogP) is 1.54. The second kappa shape index (κ2) is 7.12. The molecule has 0 bridgehead atoms. The van der Waals surface area contributed by atoms with Crippen molar-refractivity contribution in [2.24, 2.45) is 5.73 Å². The van der Waals surface area contributed by atoms with Crippen LogP contribution in [0.3, 0.4) is 0 Å². The van der Waals surface area contributed by atoms with E-state index in [2.05, 4.69) is 5.32 Å². The topological polar surface area (TPSA) is 95.7 Å². The first kappa shape index (κ1) is 16.3. The number of carbonyl (C=O) groups is 2. The van der Waals surface area contributed by atoms with Crippen LogP contribution in [-0.2, 0) is 9.59 Å². The molecule has 0 radical (unpaired) electrons. The van der Waals surface area contributed by atoms with E-state index < -0.39 is 17.9 Å². The summed E-state index contributed by atoms with van der Waals surface area (Å²) in [4.78, 5) is 24.0. The van der Waals surface area contributed by atoms with Crippen LogP contribution in [0.1, 0.15) is 12.8 Å². The second-order valence-electron chi connectivity index (χ2n) is 4.59. The monoisotopic (exact) mass is 299 g/mol. The van der Waals surface area contributed by atoms with Gasteiger partial charge in [0.15, 0.2) is 0 Å². The van der Waals surface area contributed by atoms with Crippen LogP contribution >= 0.6 is 11.6 Å². The molecule has 1 atom stereocenters. The van der Waals surface area contributed by atoms with Crippen LogP contribution in [0, 0.1) is 0 Å². The Bertz CT molecular complexity index is 506. The molecular formula is C13H18ClN3O3. The zero-order chi connectivity index (χ0) is 15.3. The van der Waals surface area contributed by atoms with Gasteiger partial charge in [-0.1, -0.05) is 11.6 Å². The molecule has 0 aromatic heterocycles. The number of rotatable bonds is 6. The van der Waals surface area contributed by atoms with Gasteiger partial charge >= 0.3 is 5.97 Å². The number of carboxylic acid groups (broad SMARTS) is 1. The fourth-order valence-corrected chi connectivity index (χ4v) is 1.94. The molecule has 1 amide bonds. The zero-order valence-electron chi connectivity index (χ0n) is 11.4. The maximum atomic E-state index is 11.8. The van der Waals surface area contributed by atoms with Gasteiger partial charge in [-0.3, -0.25) is 9.59 Å². The van der Waals surface area contributed by atoms with E-state index in [-0.39, 0.29) is 12.8 Å². The molecule has 0 fully saturated rings. The Morgan fingerprint density at radius 1 is 1.45 bits per heavy atom. The molecule has 1 unspecified atom stereocenters. The Morgan fingerprint density at radius 3 is 2.60 bits per heavy atom. The molecule has 0 spiro atoms. The van der Waals surface area contributed by atoms with Crippen LogP contribution in [0.25, 0.3) is 0 Å². The molecule has 1 aromatic carbocycles. The normalized spacial score (nSPS) is 11.8. The first-order valence-electron chi connectivity index (χ1n) is 6.06. The molecule has 1 aromatic rings. The molecule has 0 aliphatic rings. The lowest BCUT2D eigenvalue weighted by molar-refractivity contribution is -0.137. The summed E-state index contributed by atoms with van der Waals surface area (Å²) in [6.45, 7) is 0. The van der Waals surface area contributed by atoms with Gasteiger partial charge in [-0.25, -0.2) is 0 Å². The van der Waals surface area contributed by atoms with Crippen molar-refractivity contribution in [1.82, 2.24) is 0 Å². The number of amides is 1. The van der Waals surface area contributed by atoms with E-state index in [1.165, 1.54) is 0 Å². The Morgan fingerprint density at radius 2 is 2.10 bits per heavy atom. The molecule has 0 heterocycles. The van der Waals surface area contributed by atoms with Crippen LogP contribution in [0.15, 0.2) is 18.2 Å². The van der Waals surface area contributed by atoms with Gasteiger partial charge in [-0.2, -0.15) is 0 Å². The van der Waals surface area contributed by atoms with Crippen LogP contribution in [0.5, 0.6) is 0 Å². The first-order chi connectivity index (χ1) is 9.31. The van der Waals surface area contributed by atoms with Crippen LogP contribution in [0.4, 0.5) is 11.4 Å². The minimum atomic E-state index is -0.980. The summed E-state index contributed by atoms with van der Waals surface area (Å²) in [6.07, 6.45) is -0.0560. The molecular weight excluding hydrogens is 282 g/mol. The number of carboxylic acids is 1. The Hall–Kier alpha value is -1.79. The fourth-order valence-electron chi connectivity index (χ4n) is 1.59. The molecule has 0 saturated heterocycles. The van der Waals surface area contributed by atoms with E-state index in [1.807, 2.05) is 19.0 Å². The summed E-state index contributed by atoms with van der Waals surface area (Å²) in [6, 6.07) is 4.25. The third-order valence-corrected chi connectivity index (χ3v) is 3.01. The summed E-state index contributed by atoms with van der Waals surface area (Å²) < 4.78 is 0. The number of nitrogens with one attached hydrogen (secondary N) is 1. The molecule has 0 saturated carbocycles. The van der Waals surface area contributed by atoms with Gasteiger partial charge in [0.1, 0.15) is 0 Å². The lowest BCUT2D eigenvalue weighted by Gasteiger charge is -2.16. The quantitative estimate of drug-likeness (QED) is 0.740. The first-order valence-corrected chi connectivity index (χ1v) is 6.44. The van der Waals surface area contributed by atoms with Crippen LogP contribution in [0.2, 0.25) is 5.02 Å². The second-order valence-corrected chi connectivity index (χ2v) is 5.00. The molecule has 0 aliphatic heterocycles. The van der Waals surface area contributed by atoms with Crippen molar-refractivity contribution in [2.75, 3.05) is 24.3 Å². The maximum Gasteiger partial charge on any atom is 0.303 e. The Labute approximate surface area is 122 Å². The molecule has 6 nitrogen and oxygen atoms in total. The average Bonchev–Trinajstić information content (AvgIpc) is 2.35. The van der Waals surface area contributed by atoms with Gasteiger partial charge in [0, 0.05) is 26.2 Å². The standard InChI is InChI=1S/C13H18ClN3O3/c1-17(2)11-5-3-8(7-9(11)14)16-13(20)10(15)4-6-12(18)19/h3,5,7,10H,4,6,15H2,1-2H3,(H,16,20)(H,18,19). The van der Waals surface area contributed by atoms with E-state index in [0.717, 1.165) is 5.69 Å². The smallest absolute Gasteiger partial charge is 0.303 e. The highest BCUT2D eigenvalue weighted by Crippen LogP contribution is 2.27. The Balaban J connectivity index is 2.66. The van der Waals surface area contributed by atoms with E-state index in [9.17, 15) is 9.59 Å². The third-order valence-electron chi connectivity index (χ3n) is 2.70. The number of aliphatic carboxylic acids is 1. The van der Waals surface area contributed by atoms with Gasteiger partial charge < -0.3 is 21.1 Å². The van der Waals surface area contributed by atoms with E-state index in [4.69, 9.17) is 22.4 Å². The van der Waals surface area contributed by atoms with Crippen molar-refractivity contribution in [1.29, 1.82) is 0 Å². The van der Waals surface area contributed by atoms with Crippen molar-refractivity contribution in [3.63, 3.8) is 0 Å². The number of benzene rings is 1. The van der Waals surface area contributed by atoms with Gasteiger partial charge in [0.2, 0.25) is 5.91 Å². The lowest BCUT2D eigenvalue weighted by Crippen LogP contribution is -2.36. The predicted molar refractivity (Wildman–Crippen MR) is 79.3 cm³/mol. The fraction of sp³-hybridized carbons (Fsp3) is 0.385. The molecule has 0 aliphatic carbocycles. The number of hydrogen-bond acceptors (Lipinski definition) is 4. The van der Waals surface area contributed by atoms with Crippen molar-refractivity contribution in [3.05, 3.63) is 23.2 Å². The van der Waals surface area contributed by atoms with Crippen LogP contribution in [-0.4, -0.2) is 37.1 Å². The maximum absolute atomic E-state index is 11.8. The average molecular weight is 300 g/mol. The highest BCUT2D eigenvalue weighted by molar-refractivity contribution is 6.33. The third kappa shape index (κ3) is 4.71. The van der Waals surface area contributed by atoms with Gasteiger partial charge in [0.25, 0.3) is 0 Å². The number of anilines is 2. The summed E-state index contributed by atoms with van der Waals surface area (Å²) in [5.41, 5.74) is 6.97. The minimum absolute atomic E-state index is 0.0880. The highest BCUT2D eigenvalue weighted by atomic mass is 35.5. The molecule has 7 heteroatoms. The summed E-state index contributed by atoms with van der Waals surface area (Å²) >= 11 is 6.09. The number of nitrogens with two attached hydrogens (primary N) is 1. The molecule has 1 rings (SSSR count). The molecule has 4 N–H and O–H groups in total. The van der Waals surface area contributed by atoms with Crippen molar-refractivity contribution in [2.45, 2.75) is 18.9 Å². The zero-order valence-corrected chi connectivity index (χ0v) is 12.1. The van der Waals surface area contributed by atoms with Crippen molar-refractivity contribution < 1.29 is 14.7 Å². The molecule has 20 heavy (non-hydrogen) atoms. The van der Waals surface area contributed by atoms with Crippen molar-refractivity contribution in [3.8, 4) is 0 Å². The SMILES string of the molecule is CN(C)c1ccc(NC(=O)C(N)CCC(=O)O)cc1Cl. The number of carbonyl (C=O) groups excluding carboxylic acids is 1. The van der Waals surface area contributed by atoms with Crippen LogP contribution < -0.4 is 16.0 Å². The summed E-state index contributed by atoms with van der Waals surface area (Å²) in [5.74, 6) is -1.41. The molecule has 110 valence electrons. The van der Waals surface area contributed by atoms with Gasteiger partial charge in [-0.15, -0.1) is 0 Å². The summed E-state index contributed by atoms with van der Waals surface area (Å²) in [7, 11) is 3.72. The van der Waals surface area contributed by atoms with E-state index >= 15 is 0 Å². The highest BCUT2D eigenvalue weighted by Gasteiger charge is 2.15. The van der Waals surface area contributed by atoms with E-state index in [0.29, 0.717) is 10.7 Å². The lowest BCUT2D eigenvalue weighted by atomic mass is 10.1. The van der Waals surface area contributed by atoms with Gasteiger partial charge in [-0.05, 0) is 24.6 Å². The van der Waals surface area contributed by atoms with E-state index in [1.54, 1.807) is 18.2 Å². The minimum Gasteiger partial charge on any atom is -0.481 e.